The Morgan fingerprint density at radius 1 is 1.05 bits per heavy atom. The van der Waals surface area contributed by atoms with E-state index in [0.29, 0.717) is 5.92 Å². The maximum atomic E-state index is 4.58. The minimum Gasteiger partial charge on any atom is -0.285 e. The molecular formula is C19H21N3. The first-order chi connectivity index (χ1) is 10.6. The highest BCUT2D eigenvalue weighted by Gasteiger charge is 2.49. The zero-order valence-corrected chi connectivity index (χ0v) is 13.4. The number of aromatic nitrogens is 3. The molecule has 2 heterocycles. The zero-order chi connectivity index (χ0) is 15.3. The summed E-state index contributed by atoms with van der Waals surface area (Å²) in [5.41, 5.74) is 4.99. The molecule has 4 rings (SSSR count). The Labute approximate surface area is 131 Å². The van der Waals surface area contributed by atoms with Crippen LogP contribution in [0.4, 0.5) is 0 Å². The van der Waals surface area contributed by atoms with Gasteiger partial charge >= 0.3 is 0 Å². The Bertz CT molecular complexity index is 824. The Balaban J connectivity index is 1.88. The quantitative estimate of drug-likeness (QED) is 0.722. The second-order valence-corrected chi connectivity index (χ2v) is 6.78. The van der Waals surface area contributed by atoms with E-state index in [1.165, 1.54) is 16.7 Å². The highest BCUT2D eigenvalue weighted by atomic mass is 15.3. The molecule has 1 aliphatic carbocycles. The van der Waals surface area contributed by atoms with Gasteiger partial charge in [0.25, 0.3) is 0 Å². The van der Waals surface area contributed by atoms with Gasteiger partial charge in [-0.3, -0.25) is 4.40 Å². The highest BCUT2D eigenvalue weighted by molar-refractivity contribution is 5.52. The standard InChI is InChI=1S/C19H21N3/c1-13(2)16-5-4-12-22-17(16)20-21-18(22)19(10-11-19)15-8-6-14(3)7-9-15/h4-9,12-13H,10-11H2,1-3H3. The van der Waals surface area contributed by atoms with E-state index in [9.17, 15) is 0 Å². The summed E-state index contributed by atoms with van der Waals surface area (Å²) >= 11 is 0. The lowest BCUT2D eigenvalue weighted by atomic mass is 9.94. The van der Waals surface area contributed by atoms with Crippen LogP contribution in [-0.4, -0.2) is 14.6 Å². The zero-order valence-electron chi connectivity index (χ0n) is 13.4. The average Bonchev–Trinajstić information content (AvgIpc) is 3.20. The number of benzene rings is 1. The molecule has 0 unspecified atom stereocenters. The van der Waals surface area contributed by atoms with Gasteiger partial charge in [0.2, 0.25) is 0 Å². The number of pyridine rings is 1. The van der Waals surface area contributed by atoms with Crippen molar-refractivity contribution in [3.63, 3.8) is 0 Å². The van der Waals surface area contributed by atoms with Crippen LogP contribution in [0.5, 0.6) is 0 Å². The molecule has 0 spiro atoms. The molecule has 3 nitrogen and oxygen atoms in total. The summed E-state index contributed by atoms with van der Waals surface area (Å²) in [5, 5.41) is 9.09. The van der Waals surface area contributed by atoms with Crippen LogP contribution in [0.25, 0.3) is 5.65 Å². The third-order valence-electron chi connectivity index (χ3n) is 4.87. The summed E-state index contributed by atoms with van der Waals surface area (Å²) in [5.74, 6) is 1.55. The van der Waals surface area contributed by atoms with Crippen molar-refractivity contribution in [1.82, 2.24) is 14.6 Å². The van der Waals surface area contributed by atoms with Gasteiger partial charge in [-0.2, -0.15) is 0 Å². The predicted molar refractivity (Wildman–Crippen MR) is 88.3 cm³/mol. The van der Waals surface area contributed by atoms with Crippen LogP contribution < -0.4 is 0 Å². The normalized spacial score (nSPS) is 16.4. The summed E-state index contributed by atoms with van der Waals surface area (Å²) in [6.45, 7) is 6.54. The molecule has 0 radical (unpaired) electrons. The summed E-state index contributed by atoms with van der Waals surface area (Å²) in [7, 11) is 0. The van der Waals surface area contributed by atoms with Crippen LogP contribution in [0.2, 0.25) is 0 Å². The molecule has 0 atom stereocenters. The Morgan fingerprint density at radius 3 is 2.41 bits per heavy atom. The summed E-state index contributed by atoms with van der Waals surface area (Å²) < 4.78 is 2.20. The summed E-state index contributed by atoms with van der Waals surface area (Å²) in [6.07, 6.45) is 4.41. The van der Waals surface area contributed by atoms with Crippen molar-refractivity contribution in [2.75, 3.05) is 0 Å². The molecule has 0 amide bonds. The van der Waals surface area contributed by atoms with E-state index in [1.54, 1.807) is 0 Å². The summed E-state index contributed by atoms with van der Waals surface area (Å²) in [6, 6.07) is 13.1. The van der Waals surface area contributed by atoms with E-state index in [4.69, 9.17) is 0 Å². The molecule has 112 valence electrons. The van der Waals surface area contributed by atoms with Crippen LogP contribution in [0.3, 0.4) is 0 Å². The lowest BCUT2D eigenvalue weighted by Gasteiger charge is -2.15. The van der Waals surface area contributed by atoms with Gasteiger partial charge in [0.15, 0.2) is 5.65 Å². The van der Waals surface area contributed by atoms with Gasteiger partial charge in [0.1, 0.15) is 5.82 Å². The fourth-order valence-electron chi connectivity index (χ4n) is 3.35. The molecule has 1 fully saturated rings. The van der Waals surface area contributed by atoms with Gasteiger partial charge < -0.3 is 0 Å². The minimum atomic E-state index is 0.0583. The maximum absolute atomic E-state index is 4.58. The third kappa shape index (κ3) is 1.88. The largest absolute Gasteiger partial charge is 0.285 e. The number of nitrogens with zero attached hydrogens (tertiary/aromatic N) is 3. The minimum absolute atomic E-state index is 0.0583. The van der Waals surface area contributed by atoms with Crippen LogP contribution in [0.15, 0.2) is 42.6 Å². The smallest absolute Gasteiger partial charge is 0.164 e. The average molecular weight is 291 g/mol. The Hall–Kier alpha value is -2.16. The van der Waals surface area contributed by atoms with Gasteiger partial charge in [0, 0.05) is 6.20 Å². The number of rotatable bonds is 3. The first-order valence-electron chi connectivity index (χ1n) is 8.03. The third-order valence-corrected chi connectivity index (χ3v) is 4.87. The molecular weight excluding hydrogens is 270 g/mol. The van der Waals surface area contributed by atoms with Crippen molar-refractivity contribution >= 4 is 5.65 Å². The van der Waals surface area contributed by atoms with Crippen LogP contribution in [-0.2, 0) is 5.41 Å². The molecule has 0 saturated heterocycles. The SMILES string of the molecule is Cc1ccc(C2(c3nnc4c(C(C)C)cccn34)CC2)cc1. The van der Waals surface area contributed by atoms with Crippen LogP contribution >= 0.6 is 0 Å². The molecule has 1 aromatic carbocycles. The second kappa shape index (κ2) is 4.67. The molecule has 0 N–H and O–H groups in total. The van der Waals surface area contributed by atoms with Crippen LogP contribution in [0.1, 0.15) is 55.1 Å². The first-order valence-corrected chi connectivity index (χ1v) is 8.03. The molecule has 2 aromatic heterocycles. The molecule has 1 saturated carbocycles. The molecule has 3 heteroatoms. The monoisotopic (exact) mass is 291 g/mol. The Kier molecular flexibility index (Phi) is 2.86. The molecule has 1 aliphatic rings. The van der Waals surface area contributed by atoms with Crippen LogP contribution in [0, 0.1) is 6.92 Å². The van der Waals surface area contributed by atoms with Crippen molar-refractivity contribution in [3.05, 3.63) is 65.1 Å². The van der Waals surface area contributed by atoms with Gasteiger partial charge in [-0.15, -0.1) is 10.2 Å². The predicted octanol–water partition coefficient (Wildman–Crippen LogP) is 4.24. The second-order valence-electron chi connectivity index (χ2n) is 6.78. The van der Waals surface area contributed by atoms with Gasteiger partial charge in [-0.25, -0.2) is 0 Å². The van der Waals surface area contributed by atoms with Gasteiger partial charge in [-0.1, -0.05) is 49.7 Å². The van der Waals surface area contributed by atoms with E-state index in [0.717, 1.165) is 24.3 Å². The molecule has 3 aromatic rings. The number of hydrogen-bond acceptors (Lipinski definition) is 2. The van der Waals surface area contributed by atoms with Gasteiger partial charge in [0.05, 0.1) is 5.41 Å². The van der Waals surface area contributed by atoms with Crippen molar-refractivity contribution in [3.8, 4) is 0 Å². The van der Waals surface area contributed by atoms with Crippen molar-refractivity contribution in [2.45, 2.75) is 44.9 Å². The highest BCUT2D eigenvalue weighted by Crippen LogP contribution is 2.52. The fourth-order valence-corrected chi connectivity index (χ4v) is 3.35. The molecule has 0 bridgehead atoms. The van der Waals surface area contributed by atoms with Crippen molar-refractivity contribution < 1.29 is 0 Å². The van der Waals surface area contributed by atoms with E-state index in [1.807, 2.05) is 0 Å². The lowest BCUT2D eigenvalue weighted by Crippen LogP contribution is -2.13. The molecule has 0 aliphatic heterocycles. The van der Waals surface area contributed by atoms with Crippen molar-refractivity contribution in [2.24, 2.45) is 0 Å². The topological polar surface area (TPSA) is 30.2 Å². The first kappa shape index (κ1) is 13.5. The van der Waals surface area contributed by atoms with E-state index in [2.05, 4.69) is 78.0 Å². The number of fused-ring (bicyclic) bond motifs is 1. The van der Waals surface area contributed by atoms with E-state index in [-0.39, 0.29) is 5.41 Å². The number of aryl methyl sites for hydroxylation is 1. The van der Waals surface area contributed by atoms with E-state index >= 15 is 0 Å². The maximum Gasteiger partial charge on any atom is 0.164 e. The molecule has 22 heavy (non-hydrogen) atoms. The number of hydrogen-bond donors (Lipinski definition) is 0. The lowest BCUT2D eigenvalue weighted by molar-refractivity contribution is 0.738. The Morgan fingerprint density at radius 2 is 1.77 bits per heavy atom. The van der Waals surface area contributed by atoms with Crippen molar-refractivity contribution in [1.29, 1.82) is 0 Å². The fraction of sp³-hybridized carbons (Fsp3) is 0.368. The van der Waals surface area contributed by atoms with Gasteiger partial charge in [-0.05, 0) is 42.9 Å². The van der Waals surface area contributed by atoms with E-state index < -0.39 is 0 Å². The summed E-state index contributed by atoms with van der Waals surface area (Å²) in [4.78, 5) is 0.